The van der Waals surface area contributed by atoms with Crippen LogP contribution in [0.4, 0.5) is 32.8 Å². The van der Waals surface area contributed by atoms with Gasteiger partial charge in [0.25, 0.3) is 0 Å². The maximum absolute atomic E-state index is 14.6. The van der Waals surface area contributed by atoms with Gasteiger partial charge in [-0.05, 0) is 142 Å². The molecule has 1 aromatic heterocycles. The van der Waals surface area contributed by atoms with E-state index in [9.17, 15) is 4.39 Å². The largest absolute Gasteiger partial charge is 0.496 e. The lowest BCUT2D eigenvalue weighted by Crippen LogP contribution is -2.44. The van der Waals surface area contributed by atoms with Crippen LogP contribution in [0.5, 0.6) is 17.2 Å². The maximum atomic E-state index is 14.6. The molecule has 10 rings (SSSR count). The lowest BCUT2D eigenvalue weighted by Gasteiger charge is -2.35. The molecular formula is C73H116FN11O3. The zero-order chi connectivity index (χ0) is 64.2. The lowest BCUT2D eigenvalue weighted by atomic mass is 9.99. The normalized spacial score (nSPS) is 17.5. The summed E-state index contributed by atoms with van der Waals surface area (Å²) in [4.78, 5) is 28.2. The van der Waals surface area contributed by atoms with Gasteiger partial charge in [-0.1, -0.05) is 99.6 Å². The van der Waals surface area contributed by atoms with Gasteiger partial charge in [-0.25, -0.2) is 4.39 Å². The molecule has 0 aliphatic carbocycles. The van der Waals surface area contributed by atoms with Crippen LogP contribution in [0.1, 0.15) is 132 Å². The first kappa shape index (κ1) is 71.2. The van der Waals surface area contributed by atoms with E-state index in [1.54, 1.807) is 14.2 Å². The van der Waals surface area contributed by atoms with Crippen molar-refractivity contribution in [1.82, 2.24) is 29.5 Å². The summed E-state index contributed by atoms with van der Waals surface area (Å²) in [7, 11) is 15.9. The van der Waals surface area contributed by atoms with Gasteiger partial charge in [0.15, 0.2) is 11.6 Å². The van der Waals surface area contributed by atoms with Crippen LogP contribution in [-0.2, 0) is 0 Å². The molecule has 15 heteroatoms. The molecule has 5 aromatic rings. The first-order chi connectivity index (χ1) is 42.0. The number of anilines is 5. The van der Waals surface area contributed by atoms with Crippen molar-refractivity contribution in [3.05, 3.63) is 124 Å². The van der Waals surface area contributed by atoms with Crippen molar-refractivity contribution in [2.75, 3.05) is 212 Å². The van der Waals surface area contributed by atoms with Crippen molar-refractivity contribution >= 4 is 28.4 Å². The molecule has 0 spiro atoms. The molecule has 0 amide bonds. The lowest BCUT2D eigenvalue weighted by molar-refractivity contribution is 0.310. The summed E-state index contributed by atoms with van der Waals surface area (Å²) in [5.74, 6) is 4.63. The number of rotatable bonds is 13. The Balaban J connectivity index is 0.000000176. The van der Waals surface area contributed by atoms with E-state index in [2.05, 4.69) is 218 Å². The van der Waals surface area contributed by atoms with Crippen molar-refractivity contribution in [3.63, 3.8) is 0 Å². The number of ether oxygens (including phenoxy) is 3. The molecule has 5 aliphatic rings. The molecule has 5 saturated heterocycles. The fourth-order valence-corrected chi connectivity index (χ4v) is 11.7. The third-order valence-electron chi connectivity index (χ3n) is 18.2. The highest BCUT2D eigenvalue weighted by molar-refractivity contribution is 5.61. The predicted molar refractivity (Wildman–Crippen MR) is 373 cm³/mol. The number of pyridine rings is 1. The highest BCUT2D eigenvalue weighted by Crippen LogP contribution is 2.37. The van der Waals surface area contributed by atoms with Crippen LogP contribution in [0, 0.1) is 12.7 Å². The Labute approximate surface area is 533 Å². The predicted octanol–water partition coefficient (Wildman–Crippen LogP) is 12.7. The van der Waals surface area contributed by atoms with E-state index in [4.69, 9.17) is 14.2 Å². The minimum absolute atomic E-state index is 0.224. The highest BCUT2D eigenvalue weighted by Gasteiger charge is 2.24. The van der Waals surface area contributed by atoms with Gasteiger partial charge >= 0.3 is 0 Å². The molecule has 14 nitrogen and oxygen atoms in total. The third kappa shape index (κ3) is 20.6. The van der Waals surface area contributed by atoms with E-state index in [-0.39, 0.29) is 11.7 Å². The molecule has 6 heterocycles. The summed E-state index contributed by atoms with van der Waals surface area (Å²) >= 11 is 0. The molecule has 0 saturated carbocycles. The topological polar surface area (TPSA) is 73.0 Å². The van der Waals surface area contributed by atoms with Gasteiger partial charge in [-0.2, -0.15) is 0 Å². The number of hydrogen-bond acceptors (Lipinski definition) is 14. The second kappa shape index (κ2) is 34.9. The number of aryl methyl sites for hydroxylation is 1. The molecular weight excluding hydrogens is 1100 g/mol. The van der Waals surface area contributed by atoms with Gasteiger partial charge < -0.3 is 63.2 Å². The fourth-order valence-electron chi connectivity index (χ4n) is 11.7. The molecule has 4 aromatic carbocycles. The maximum Gasteiger partial charge on any atom is 0.188 e. The van der Waals surface area contributed by atoms with Crippen LogP contribution in [0.2, 0.25) is 0 Å². The molecule has 5 aliphatic heterocycles. The van der Waals surface area contributed by atoms with Crippen molar-refractivity contribution in [2.45, 2.75) is 106 Å². The van der Waals surface area contributed by atoms with Gasteiger partial charge in [-0.15, -0.1) is 0 Å². The number of piperazine rings is 5. The van der Waals surface area contributed by atoms with Crippen LogP contribution >= 0.6 is 0 Å². The first-order valence-corrected chi connectivity index (χ1v) is 33.0. The van der Waals surface area contributed by atoms with E-state index in [1.807, 2.05) is 32.2 Å². The van der Waals surface area contributed by atoms with Crippen molar-refractivity contribution in [3.8, 4) is 17.2 Å². The number of benzene rings is 4. The Hall–Kier alpha value is -5.84. The smallest absolute Gasteiger partial charge is 0.188 e. The van der Waals surface area contributed by atoms with E-state index < -0.39 is 0 Å². The number of nitrogens with zero attached hydrogens (tertiary/aromatic N) is 11. The van der Waals surface area contributed by atoms with E-state index in [1.165, 1.54) is 70.9 Å². The fraction of sp³-hybridized carbons (Fsp3) is 0.603. The van der Waals surface area contributed by atoms with Crippen LogP contribution in [0.25, 0.3) is 0 Å². The second-order valence-corrected chi connectivity index (χ2v) is 26.6. The van der Waals surface area contributed by atoms with Crippen LogP contribution < -0.4 is 38.7 Å². The van der Waals surface area contributed by atoms with Crippen molar-refractivity contribution in [1.29, 1.82) is 0 Å². The van der Waals surface area contributed by atoms with Crippen molar-refractivity contribution < 1.29 is 18.6 Å². The van der Waals surface area contributed by atoms with E-state index in [0.29, 0.717) is 35.1 Å². The highest BCUT2D eigenvalue weighted by atomic mass is 19.1. The summed E-state index contributed by atoms with van der Waals surface area (Å²) in [5.41, 5.74) is 13.4. The summed E-state index contributed by atoms with van der Waals surface area (Å²) in [6.07, 6.45) is 2.01. The van der Waals surface area contributed by atoms with E-state index >= 15 is 0 Å². The Morgan fingerprint density at radius 2 is 0.750 bits per heavy atom. The van der Waals surface area contributed by atoms with Gasteiger partial charge in [0.2, 0.25) is 0 Å². The number of likely N-dealkylation sites (N-methyl/N-ethyl adjacent to an activating group) is 5. The Bertz CT molecular complexity index is 2830. The quantitative estimate of drug-likeness (QED) is 0.112. The number of halogens is 1. The molecule has 488 valence electrons. The van der Waals surface area contributed by atoms with Crippen LogP contribution in [0.3, 0.4) is 0 Å². The number of hydrogen-bond donors (Lipinski definition) is 0. The summed E-state index contributed by atoms with van der Waals surface area (Å²) < 4.78 is 31.0. The van der Waals surface area contributed by atoms with Gasteiger partial charge in [0, 0.05) is 154 Å². The molecule has 5 fully saturated rings. The molecule has 0 bridgehead atoms. The minimum atomic E-state index is -0.224. The molecule has 0 atom stereocenters. The SMILES string of the molecule is CC(C)c1ccc(N2CCN(C)CC2)cn1.COc1c(C(C)C)ccc(N2CCN(C)CC2)c1F.COc1cc(C(C)C)ccc1N1CCN(C)CC1.COc1cc(N2CCN(C)CC2)ccc1C(C)C.Cc1cc(C(C)C)ccc1N1CCN(C)CC1. The molecule has 0 radical (unpaired) electrons. The monoisotopic (exact) mass is 1210 g/mol. The number of aromatic nitrogens is 1. The average Bonchev–Trinajstić information content (AvgIpc) is 3.31. The standard InChI is InChI=1S/C15H23FN2O.2C15H24N2O.C15H24N2.C13H21N3/c1-11(2)12-5-6-13(14(16)15(12)19-4)18-9-7-17(3)8-10-18;1-12(2)14-6-5-13(11-15(14)18-4)17-9-7-16(3)8-10-17;1-12(2)13-5-6-14(15(11-13)18-4)17-9-7-16(3)8-10-17;1-12(2)14-5-6-15(13(3)11-14)17-9-7-16(4)8-10-17;1-11(2)13-5-4-12(10-14-13)16-8-6-15(3)7-9-16/h5-6,11H,7-10H2,1-4H3;2*5-6,11-12H,7-10H2,1-4H3;5-6,11-12H,7-10H2,1-4H3;4-5,10-11H,6-9H2,1-3H3. The summed E-state index contributed by atoms with van der Waals surface area (Å²) in [6, 6.07) is 28.4. The van der Waals surface area contributed by atoms with Gasteiger partial charge in [0.05, 0.1) is 44.6 Å². The Morgan fingerprint density at radius 3 is 1.15 bits per heavy atom. The van der Waals surface area contributed by atoms with Crippen LogP contribution in [-0.4, -0.2) is 217 Å². The van der Waals surface area contributed by atoms with Crippen molar-refractivity contribution in [2.24, 2.45) is 0 Å². The summed E-state index contributed by atoms with van der Waals surface area (Å²) in [6.45, 7) is 45.7. The van der Waals surface area contributed by atoms with Crippen LogP contribution in [0.15, 0.2) is 85.1 Å². The summed E-state index contributed by atoms with van der Waals surface area (Å²) in [5, 5.41) is 0. The average molecular weight is 1210 g/mol. The van der Waals surface area contributed by atoms with Gasteiger partial charge in [0.1, 0.15) is 11.5 Å². The minimum Gasteiger partial charge on any atom is -0.496 e. The Kier molecular flexibility index (Phi) is 28.3. The molecule has 0 N–H and O–H groups in total. The first-order valence-electron chi connectivity index (χ1n) is 33.0. The zero-order valence-electron chi connectivity index (χ0n) is 58.1. The number of methoxy groups -OCH3 is 3. The molecule has 0 unspecified atom stereocenters. The Morgan fingerprint density at radius 1 is 0.364 bits per heavy atom. The third-order valence-corrected chi connectivity index (χ3v) is 18.2. The van der Waals surface area contributed by atoms with E-state index in [0.717, 1.165) is 135 Å². The second-order valence-electron chi connectivity index (χ2n) is 26.6. The zero-order valence-corrected chi connectivity index (χ0v) is 58.1. The molecule has 88 heavy (non-hydrogen) atoms. The van der Waals surface area contributed by atoms with Gasteiger partial charge in [-0.3, -0.25) is 4.98 Å².